The van der Waals surface area contributed by atoms with Crippen LogP contribution in [0.1, 0.15) is 19.5 Å². The van der Waals surface area contributed by atoms with Gasteiger partial charge in [0.05, 0.1) is 25.0 Å². The van der Waals surface area contributed by atoms with Gasteiger partial charge in [0.2, 0.25) is 0 Å². The average Bonchev–Trinajstić information content (AvgIpc) is 2.79. The third-order valence-electron chi connectivity index (χ3n) is 2.28. The molecule has 0 fully saturated rings. The van der Waals surface area contributed by atoms with Crippen LogP contribution in [0.4, 0.5) is 4.79 Å². The molecule has 0 bridgehead atoms. The van der Waals surface area contributed by atoms with Crippen LogP contribution in [0.15, 0.2) is 6.20 Å². The highest BCUT2D eigenvalue weighted by molar-refractivity contribution is 5.88. The number of carbonyl (C=O) groups is 2. The molecule has 0 radical (unpaired) electrons. The maximum atomic E-state index is 11.9. The van der Waals surface area contributed by atoms with Crippen molar-refractivity contribution >= 4 is 11.9 Å². The topological polar surface area (TPSA) is 97.0 Å². The summed E-state index contributed by atoms with van der Waals surface area (Å²) in [5.41, 5.74) is 0.681. The molecule has 0 aliphatic rings. The number of Topliss-reactive ketones (excluding diaryl/α,β-unsaturated/α-hetero) is 1. The van der Waals surface area contributed by atoms with Gasteiger partial charge in [0.15, 0.2) is 5.78 Å². The molecular formula is C10H16N4O3. The number of nitrogens with zero attached hydrogens (tertiary/aromatic N) is 2. The largest absolute Gasteiger partial charge is 0.453 e. The molecule has 0 spiro atoms. The highest BCUT2D eigenvalue weighted by atomic mass is 16.5. The molecule has 1 aromatic heterocycles. The summed E-state index contributed by atoms with van der Waals surface area (Å²) in [4.78, 5) is 23.0. The Morgan fingerprint density at radius 3 is 2.71 bits per heavy atom. The molecule has 0 saturated carbocycles. The van der Waals surface area contributed by atoms with E-state index in [4.69, 9.17) is 0 Å². The molecule has 0 aromatic carbocycles. The zero-order valence-corrected chi connectivity index (χ0v) is 10.1. The molecule has 1 unspecified atom stereocenters. The summed E-state index contributed by atoms with van der Waals surface area (Å²) in [6, 6.07) is -0.635. The smallest absolute Gasteiger partial charge is 0.407 e. The van der Waals surface area contributed by atoms with Crippen molar-refractivity contribution in [3.05, 3.63) is 11.9 Å². The molecule has 1 rings (SSSR count). The van der Waals surface area contributed by atoms with Crippen molar-refractivity contribution in [3.8, 4) is 0 Å². The standard InChI is InChI=1S/C10H16N4O3/c1-6(2)9(15)8(12-10(16)17-3)4-7-5-11-14-13-7/h5-6,8H,4H2,1-3H3,(H,12,16)(H,11,13,14). The number of H-pyrrole nitrogens is 1. The molecule has 7 nitrogen and oxygen atoms in total. The van der Waals surface area contributed by atoms with Gasteiger partial charge in [0.25, 0.3) is 0 Å². The van der Waals surface area contributed by atoms with Gasteiger partial charge in [-0.3, -0.25) is 9.89 Å². The number of nitrogens with one attached hydrogen (secondary N) is 2. The highest BCUT2D eigenvalue weighted by Gasteiger charge is 2.24. The van der Waals surface area contributed by atoms with Gasteiger partial charge in [0.1, 0.15) is 0 Å². The maximum absolute atomic E-state index is 11.9. The van der Waals surface area contributed by atoms with Gasteiger partial charge >= 0.3 is 6.09 Å². The number of aromatic amines is 1. The van der Waals surface area contributed by atoms with Crippen LogP contribution in [0.25, 0.3) is 0 Å². The lowest BCUT2D eigenvalue weighted by Crippen LogP contribution is -2.44. The Kier molecular flexibility index (Phi) is 4.62. The summed E-state index contributed by atoms with van der Waals surface area (Å²) in [6.45, 7) is 3.55. The number of rotatable bonds is 5. The number of ether oxygens (including phenoxy) is 1. The number of methoxy groups -OCH3 is 1. The summed E-state index contributed by atoms with van der Waals surface area (Å²) in [6.07, 6.45) is 1.20. The van der Waals surface area contributed by atoms with E-state index < -0.39 is 12.1 Å². The van der Waals surface area contributed by atoms with Crippen LogP contribution >= 0.6 is 0 Å². The van der Waals surface area contributed by atoms with Crippen LogP contribution in [-0.2, 0) is 16.0 Å². The van der Waals surface area contributed by atoms with Crippen molar-refractivity contribution in [2.75, 3.05) is 7.11 Å². The minimum atomic E-state index is -0.635. The Balaban J connectivity index is 2.71. The van der Waals surface area contributed by atoms with Gasteiger partial charge in [-0.05, 0) is 0 Å². The van der Waals surface area contributed by atoms with Crippen LogP contribution < -0.4 is 5.32 Å². The molecule has 0 saturated heterocycles. The molecule has 0 aliphatic carbocycles. The van der Waals surface area contributed by atoms with Crippen LogP contribution in [0.5, 0.6) is 0 Å². The highest BCUT2D eigenvalue weighted by Crippen LogP contribution is 2.05. The fourth-order valence-corrected chi connectivity index (χ4v) is 1.37. The minimum absolute atomic E-state index is 0.0648. The number of hydrogen-bond donors (Lipinski definition) is 2. The summed E-state index contributed by atoms with van der Waals surface area (Å²) in [5.74, 6) is -0.238. The first-order chi connectivity index (χ1) is 8.04. The predicted octanol–water partition coefficient (Wildman–Crippen LogP) is 0.297. The van der Waals surface area contributed by atoms with E-state index >= 15 is 0 Å². The lowest BCUT2D eigenvalue weighted by molar-refractivity contribution is -0.123. The number of hydrogen-bond acceptors (Lipinski definition) is 5. The molecule has 1 atom stereocenters. The van der Waals surface area contributed by atoms with E-state index in [1.54, 1.807) is 13.8 Å². The van der Waals surface area contributed by atoms with Crippen molar-refractivity contribution in [2.45, 2.75) is 26.3 Å². The van der Waals surface area contributed by atoms with Crippen molar-refractivity contribution in [1.82, 2.24) is 20.7 Å². The van der Waals surface area contributed by atoms with E-state index in [1.165, 1.54) is 13.3 Å². The van der Waals surface area contributed by atoms with E-state index in [-0.39, 0.29) is 11.7 Å². The third kappa shape index (κ3) is 3.86. The molecule has 1 heterocycles. The van der Waals surface area contributed by atoms with Crippen molar-refractivity contribution in [1.29, 1.82) is 0 Å². The van der Waals surface area contributed by atoms with Crippen LogP contribution in [-0.4, -0.2) is 40.4 Å². The Morgan fingerprint density at radius 2 is 2.24 bits per heavy atom. The van der Waals surface area contributed by atoms with Crippen molar-refractivity contribution in [2.24, 2.45) is 5.92 Å². The summed E-state index contributed by atoms with van der Waals surface area (Å²) < 4.78 is 4.49. The molecule has 1 amide bonds. The Labute approximate surface area is 98.9 Å². The van der Waals surface area contributed by atoms with Crippen LogP contribution in [0, 0.1) is 5.92 Å². The van der Waals surface area contributed by atoms with Crippen molar-refractivity contribution in [3.63, 3.8) is 0 Å². The monoisotopic (exact) mass is 240 g/mol. The molecular weight excluding hydrogens is 224 g/mol. The van der Waals surface area contributed by atoms with Gasteiger partial charge in [0, 0.05) is 12.3 Å². The van der Waals surface area contributed by atoms with E-state index in [0.29, 0.717) is 12.1 Å². The second-order valence-corrected chi connectivity index (χ2v) is 3.93. The maximum Gasteiger partial charge on any atom is 0.407 e. The SMILES string of the molecule is COC(=O)NC(Cc1cnn[nH]1)C(=O)C(C)C. The number of ketones is 1. The first kappa shape index (κ1) is 13.1. The van der Waals surface area contributed by atoms with Crippen LogP contribution in [0.2, 0.25) is 0 Å². The first-order valence-corrected chi connectivity index (χ1v) is 5.27. The normalized spacial score (nSPS) is 12.2. The average molecular weight is 240 g/mol. The van der Waals surface area contributed by atoms with E-state index in [0.717, 1.165) is 0 Å². The second-order valence-electron chi connectivity index (χ2n) is 3.93. The second kappa shape index (κ2) is 5.97. The summed E-state index contributed by atoms with van der Waals surface area (Å²) in [5, 5.41) is 12.3. The van der Waals surface area contributed by atoms with E-state index in [1.807, 2.05) is 0 Å². The number of carbonyl (C=O) groups excluding carboxylic acids is 2. The van der Waals surface area contributed by atoms with E-state index in [2.05, 4.69) is 25.5 Å². The van der Waals surface area contributed by atoms with Gasteiger partial charge in [-0.25, -0.2) is 4.79 Å². The Hall–Kier alpha value is -1.92. The third-order valence-corrected chi connectivity index (χ3v) is 2.28. The fourth-order valence-electron chi connectivity index (χ4n) is 1.37. The van der Waals surface area contributed by atoms with Gasteiger partial charge in [-0.1, -0.05) is 19.1 Å². The minimum Gasteiger partial charge on any atom is -0.453 e. The van der Waals surface area contributed by atoms with Crippen molar-refractivity contribution < 1.29 is 14.3 Å². The number of aromatic nitrogens is 3. The molecule has 94 valence electrons. The number of alkyl carbamates (subject to hydrolysis) is 1. The van der Waals surface area contributed by atoms with Crippen LogP contribution in [0.3, 0.4) is 0 Å². The number of amides is 1. The van der Waals surface area contributed by atoms with E-state index in [9.17, 15) is 9.59 Å². The summed E-state index contributed by atoms with van der Waals surface area (Å²) in [7, 11) is 1.25. The van der Waals surface area contributed by atoms with Gasteiger partial charge in [-0.2, -0.15) is 0 Å². The predicted molar refractivity (Wildman–Crippen MR) is 59.3 cm³/mol. The Morgan fingerprint density at radius 1 is 1.53 bits per heavy atom. The Bertz CT molecular complexity index is 375. The first-order valence-electron chi connectivity index (χ1n) is 5.27. The van der Waals surface area contributed by atoms with Gasteiger partial charge in [-0.15, -0.1) is 5.10 Å². The lowest BCUT2D eigenvalue weighted by atomic mass is 9.98. The molecule has 1 aromatic rings. The van der Waals surface area contributed by atoms with Gasteiger partial charge < -0.3 is 10.1 Å². The zero-order valence-electron chi connectivity index (χ0n) is 10.1. The fraction of sp³-hybridized carbons (Fsp3) is 0.600. The molecule has 7 heteroatoms. The zero-order chi connectivity index (χ0) is 12.8. The molecule has 2 N–H and O–H groups in total. The summed E-state index contributed by atoms with van der Waals surface area (Å²) >= 11 is 0. The molecule has 0 aliphatic heterocycles. The lowest BCUT2D eigenvalue weighted by Gasteiger charge is -2.17. The molecule has 17 heavy (non-hydrogen) atoms. The quantitative estimate of drug-likeness (QED) is 0.771.